The van der Waals surface area contributed by atoms with E-state index in [2.05, 4.69) is 22.6 Å². The maximum absolute atomic E-state index is 6.16. The number of nitrogens with two attached hydrogens (primary N) is 1. The summed E-state index contributed by atoms with van der Waals surface area (Å²) in [7, 11) is 0. The monoisotopic (exact) mass is 361 g/mol. The van der Waals surface area contributed by atoms with Gasteiger partial charge < -0.3 is 10.2 Å². The van der Waals surface area contributed by atoms with Crippen LogP contribution in [0.4, 0.5) is 0 Å². The molecule has 2 rings (SSSR count). The van der Waals surface area contributed by atoms with Gasteiger partial charge in [0.05, 0.1) is 11.1 Å². The van der Waals surface area contributed by atoms with Crippen LogP contribution in [0.25, 0.3) is 11.3 Å². The van der Waals surface area contributed by atoms with Crippen LogP contribution in [-0.4, -0.2) is 0 Å². The zero-order chi connectivity index (χ0) is 12.4. The first-order valence-corrected chi connectivity index (χ1v) is 6.88. The molecule has 90 valence electrons. The normalized spacial score (nSPS) is 12.7. The third kappa shape index (κ3) is 2.84. The van der Waals surface area contributed by atoms with Gasteiger partial charge in [-0.2, -0.15) is 0 Å². The topological polar surface area (TPSA) is 39.2 Å². The molecule has 0 saturated carbocycles. The molecule has 2 aromatic rings. The van der Waals surface area contributed by atoms with Crippen LogP contribution < -0.4 is 5.73 Å². The molecule has 1 aromatic heterocycles. The van der Waals surface area contributed by atoms with E-state index in [0.29, 0.717) is 5.02 Å². The highest BCUT2D eigenvalue weighted by atomic mass is 127. The standard InChI is InChI=1S/C13H13ClINO/c1-2-11(16)13-6-5-12(17-13)9-7-8(15)3-4-10(9)14/h3-7,11H,2,16H2,1H3. The summed E-state index contributed by atoms with van der Waals surface area (Å²) in [5.41, 5.74) is 6.84. The number of halogens is 2. The molecule has 0 aliphatic heterocycles. The average Bonchev–Trinajstić information content (AvgIpc) is 2.80. The Kier molecular flexibility index (Phi) is 4.12. The van der Waals surface area contributed by atoms with E-state index in [0.717, 1.165) is 27.1 Å². The summed E-state index contributed by atoms with van der Waals surface area (Å²) in [5, 5.41) is 0.691. The maximum Gasteiger partial charge on any atom is 0.135 e. The van der Waals surface area contributed by atoms with Crippen molar-refractivity contribution in [2.45, 2.75) is 19.4 Å². The Hall–Kier alpha value is -0.520. The Balaban J connectivity index is 2.40. The van der Waals surface area contributed by atoms with Gasteiger partial charge in [0, 0.05) is 9.13 Å². The quantitative estimate of drug-likeness (QED) is 0.811. The van der Waals surface area contributed by atoms with Gasteiger partial charge in [0.15, 0.2) is 0 Å². The van der Waals surface area contributed by atoms with E-state index in [1.54, 1.807) is 0 Å². The van der Waals surface area contributed by atoms with Crippen LogP contribution in [-0.2, 0) is 0 Å². The molecule has 1 atom stereocenters. The van der Waals surface area contributed by atoms with E-state index in [-0.39, 0.29) is 6.04 Å². The Labute approximate surface area is 119 Å². The first-order valence-electron chi connectivity index (χ1n) is 5.42. The highest BCUT2D eigenvalue weighted by Crippen LogP contribution is 2.32. The third-order valence-corrected chi connectivity index (χ3v) is 3.63. The van der Waals surface area contributed by atoms with Crippen molar-refractivity contribution >= 4 is 34.2 Å². The first-order chi connectivity index (χ1) is 8.11. The van der Waals surface area contributed by atoms with E-state index in [1.807, 2.05) is 37.3 Å². The lowest BCUT2D eigenvalue weighted by molar-refractivity contribution is 0.470. The van der Waals surface area contributed by atoms with Crippen molar-refractivity contribution in [3.8, 4) is 11.3 Å². The predicted octanol–water partition coefficient (Wildman–Crippen LogP) is 4.61. The minimum atomic E-state index is -0.0506. The molecule has 4 heteroatoms. The van der Waals surface area contributed by atoms with Gasteiger partial charge >= 0.3 is 0 Å². The summed E-state index contributed by atoms with van der Waals surface area (Å²) in [5.74, 6) is 1.57. The van der Waals surface area contributed by atoms with Crippen LogP contribution in [0.1, 0.15) is 25.1 Å². The van der Waals surface area contributed by atoms with Gasteiger partial charge in [-0.25, -0.2) is 0 Å². The molecule has 2 nitrogen and oxygen atoms in total. The molecule has 1 heterocycles. The molecule has 0 fully saturated rings. The van der Waals surface area contributed by atoms with Gasteiger partial charge in [-0.3, -0.25) is 0 Å². The number of furan rings is 1. The minimum Gasteiger partial charge on any atom is -0.459 e. The third-order valence-electron chi connectivity index (χ3n) is 2.63. The number of hydrogen-bond donors (Lipinski definition) is 1. The van der Waals surface area contributed by atoms with Crippen LogP contribution >= 0.6 is 34.2 Å². The van der Waals surface area contributed by atoms with Crippen molar-refractivity contribution in [2.24, 2.45) is 5.73 Å². The minimum absolute atomic E-state index is 0.0506. The Morgan fingerprint density at radius 1 is 1.35 bits per heavy atom. The lowest BCUT2D eigenvalue weighted by Gasteiger charge is -2.05. The van der Waals surface area contributed by atoms with Crippen LogP contribution in [0.2, 0.25) is 5.02 Å². The van der Waals surface area contributed by atoms with Gasteiger partial charge in [-0.05, 0) is 59.3 Å². The van der Waals surface area contributed by atoms with Crippen molar-refractivity contribution in [1.29, 1.82) is 0 Å². The fraction of sp³-hybridized carbons (Fsp3) is 0.231. The highest BCUT2D eigenvalue weighted by Gasteiger charge is 2.12. The van der Waals surface area contributed by atoms with Crippen molar-refractivity contribution in [3.05, 3.63) is 44.7 Å². The molecular formula is C13H13ClINO. The number of benzene rings is 1. The van der Waals surface area contributed by atoms with Gasteiger partial charge in [-0.15, -0.1) is 0 Å². The molecular weight excluding hydrogens is 349 g/mol. The van der Waals surface area contributed by atoms with E-state index < -0.39 is 0 Å². The molecule has 1 aromatic carbocycles. The Morgan fingerprint density at radius 3 is 2.82 bits per heavy atom. The SMILES string of the molecule is CCC(N)c1ccc(-c2cc(I)ccc2Cl)o1. The summed E-state index contributed by atoms with van der Waals surface area (Å²) in [6.07, 6.45) is 0.854. The van der Waals surface area contributed by atoms with E-state index in [9.17, 15) is 0 Å². The number of rotatable bonds is 3. The molecule has 1 unspecified atom stereocenters. The smallest absolute Gasteiger partial charge is 0.135 e. The summed E-state index contributed by atoms with van der Waals surface area (Å²) >= 11 is 8.41. The predicted molar refractivity (Wildman–Crippen MR) is 79.1 cm³/mol. The summed E-state index contributed by atoms with van der Waals surface area (Å²) in [4.78, 5) is 0. The second kappa shape index (κ2) is 5.42. The van der Waals surface area contributed by atoms with Crippen LogP contribution in [0.3, 0.4) is 0 Å². The fourth-order valence-electron chi connectivity index (χ4n) is 1.58. The van der Waals surface area contributed by atoms with Crippen molar-refractivity contribution in [3.63, 3.8) is 0 Å². The van der Waals surface area contributed by atoms with Crippen molar-refractivity contribution in [2.75, 3.05) is 0 Å². The van der Waals surface area contributed by atoms with Crippen molar-refractivity contribution < 1.29 is 4.42 Å². The maximum atomic E-state index is 6.16. The lowest BCUT2D eigenvalue weighted by Crippen LogP contribution is -2.06. The second-order valence-corrected chi connectivity index (χ2v) is 5.49. The Morgan fingerprint density at radius 2 is 2.12 bits per heavy atom. The molecule has 2 N–H and O–H groups in total. The molecule has 0 aliphatic carbocycles. The van der Waals surface area contributed by atoms with Crippen LogP contribution in [0.5, 0.6) is 0 Å². The van der Waals surface area contributed by atoms with Crippen molar-refractivity contribution in [1.82, 2.24) is 0 Å². The van der Waals surface area contributed by atoms with E-state index in [1.165, 1.54) is 0 Å². The van der Waals surface area contributed by atoms with Gasteiger partial charge in [-0.1, -0.05) is 18.5 Å². The molecule has 0 radical (unpaired) electrons. The van der Waals surface area contributed by atoms with Gasteiger partial charge in [0.25, 0.3) is 0 Å². The second-order valence-electron chi connectivity index (χ2n) is 3.84. The van der Waals surface area contributed by atoms with E-state index in [4.69, 9.17) is 21.8 Å². The molecule has 17 heavy (non-hydrogen) atoms. The zero-order valence-electron chi connectivity index (χ0n) is 9.41. The zero-order valence-corrected chi connectivity index (χ0v) is 12.3. The largest absolute Gasteiger partial charge is 0.459 e. The summed E-state index contributed by atoms with van der Waals surface area (Å²) in [6, 6.07) is 9.63. The molecule has 0 bridgehead atoms. The lowest BCUT2D eigenvalue weighted by atomic mass is 10.2. The highest BCUT2D eigenvalue weighted by molar-refractivity contribution is 14.1. The van der Waals surface area contributed by atoms with E-state index >= 15 is 0 Å². The summed E-state index contributed by atoms with van der Waals surface area (Å²) in [6.45, 7) is 2.03. The van der Waals surface area contributed by atoms with Crippen LogP contribution in [0, 0.1) is 3.57 Å². The molecule has 0 aliphatic rings. The Bertz CT molecular complexity index is 524. The molecule has 0 saturated heterocycles. The van der Waals surface area contributed by atoms with Gasteiger partial charge in [0.1, 0.15) is 11.5 Å². The fourth-order valence-corrected chi connectivity index (χ4v) is 2.29. The van der Waals surface area contributed by atoms with Crippen LogP contribution in [0.15, 0.2) is 34.7 Å². The van der Waals surface area contributed by atoms with Gasteiger partial charge in [0.2, 0.25) is 0 Å². The number of hydrogen-bond acceptors (Lipinski definition) is 2. The first kappa shape index (κ1) is 12.9. The molecule has 0 amide bonds. The molecule has 0 spiro atoms. The summed E-state index contributed by atoms with van der Waals surface area (Å²) < 4.78 is 6.87. The average molecular weight is 362 g/mol.